The topological polar surface area (TPSA) is 99.1 Å². The quantitative estimate of drug-likeness (QED) is 0.900. The van der Waals surface area contributed by atoms with Crippen molar-refractivity contribution >= 4 is 10.0 Å². The highest BCUT2D eigenvalue weighted by Crippen LogP contribution is 2.39. The first-order chi connectivity index (χ1) is 8.54. The smallest absolute Gasteiger partial charge is 0.238 e. The molecule has 3 rings (SSSR count). The van der Waals surface area contributed by atoms with Crippen molar-refractivity contribution in [2.45, 2.75) is 23.7 Å². The van der Waals surface area contributed by atoms with Gasteiger partial charge in [-0.05, 0) is 25.0 Å². The number of hydrogen-bond donors (Lipinski definition) is 1. The first kappa shape index (κ1) is 11.4. The number of nitrogens with zero attached hydrogens (tertiary/aromatic N) is 2. The molecule has 0 amide bonds. The molecular formula is C11H11N3O3S. The Hall–Kier alpha value is -1.73. The average Bonchev–Trinajstić information content (AvgIpc) is 3.06. The summed E-state index contributed by atoms with van der Waals surface area (Å²) < 4.78 is 27.6. The molecule has 1 heterocycles. The Morgan fingerprint density at radius 2 is 2.11 bits per heavy atom. The van der Waals surface area contributed by atoms with Crippen molar-refractivity contribution in [1.82, 2.24) is 10.1 Å². The summed E-state index contributed by atoms with van der Waals surface area (Å²) in [5.41, 5.74) is 0.581. The van der Waals surface area contributed by atoms with E-state index in [0.717, 1.165) is 12.8 Å². The van der Waals surface area contributed by atoms with E-state index in [1.807, 2.05) is 0 Å². The third-order valence-corrected chi connectivity index (χ3v) is 3.70. The van der Waals surface area contributed by atoms with Crippen LogP contribution in [0.2, 0.25) is 0 Å². The molecule has 0 aliphatic heterocycles. The fraction of sp³-hybridized carbons (Fsp3) is 0.273. The molecule has 7 heteroatoms. The van der Waals surface area contributed by atoms with Crippen LogP contribution in [0.4, 0.5) is 0 Å². The van der Waals surface area contributed by atoms with Gasteiger partial charge in [0.25, 0.3) is 0 Å². The first-order valence-corrected chi connectivity index (χ1v) is 7.05. The van der Waals surface area contributed by atoms with Crippen LogP contribution in [0.25, 0.3) is 11.4 Å². The predicted molar refractivity (Wildman–Crippen MR) is 63.1 cm³/mol. The minimum Gasteiger partial charge on any atom is -0.339 e. The second-order valence-electron chi connectivity index (χ2n) is 4.30. The van der Waals surface area contributed by atoms with Gasteiger partial charge in [0.2, 0.25) is 21.7 Å². The standard InChI is InChI=1S/C11H11N3O3S/c12-18(15,16)9-3-1-2-8(6-9)10-13-11(17-14-10)7-4-5-7/h1-3,6-7H,4-5H2,(H2,12,15,16). The summed E-state index contributed by atoms with van der Waals surface area (Å²) in [6, 6.07) is 6.19. The van der Waals surface area contributed by atoms with Crippen molar-refractivity contribution in [3.05, 3.63) is 30.2 Å². The van der Waals surface area contributed by atoms with Gasteiger partial charge >= 0.3 is 0 Å². The van der Waals surface area contributed by atoms with Crippen molar-refractivity contribution in [1.29, 1.82) is 0 Å². The minimum absolute atomic E-state index is 0.0396. The SMILES string of the molecule is NS(=O)(=O)c1cccc(-c2noc(C3CC3)n2)c1. The zero-order valence-corrected chi connectivity index (χ0v) is 10.2. The molecule has 0 spiro atoms. The fourth-order valence-electron chi connectivity index (χ4n) is 1.66. The van der Waals surface area contributed by atoms with Crippen LogP contribution >= 0.6 is 0 Å². The van der Waals surface area contributed by atoms with Gasteiger partial charge in [-0.3, -0.25) is 0 Å². The van der Waals surface area contributed by atoms with E-state index in [4.69, 9.17) is 9.66 Å². The number of rotatable bonds is 3. The summed E-state index contributed by atoms with van der Waals surface area (Å²) in [6.07, 6.45) is 2.14. The van der Waals surface area contributed by atoms with Gasteiger partial charge in [0.15, 0.2) is 0 Å². The van der Waals surface area contributed by atoms with Gasteiger partial charge in [0, 0.05) is 11.5 Å². The number of sulfonamides is 1. The van der Waals surface area contributed by atoms with E-state index in [-0.39, 0.29) is 4.90 Å². The van der Waals surface area contributed by atoms with E-state index in [9.17, 15) is 8.42 Å². The maximum Gasteiger partial charge on any atom is 0.238 e. The highest BCUT2D eigenvalue weighted by atomic mass is 32.2. The molecule has 1 aromatic heterocycles. The van der Waals surface area contributed by atoms with Crippen LogP contribution in [0.5, 0.6) is 0 Å². The van der Waals surface area contributed by atoms with Crippen LogP contribution in [0, 0.1) is 0 Å². The summed E-state index contributed by atoms with van der Waals surface area (Å²) in [6.45, 7) is 0. The van der Waals surface area contributed by atoms with E-state index in [1.165, 1.54) is 12.1 Å². The molecule has 0 atom stereocenters. The molecule has 1 aliphatic carbocycles. The van der Waals surface area contributed by atoms with Crippen molar-refractivity contribution in [3.8, 4) is 11.4 Å². The van der Waals surface area contributed by atoms with Crippen LogP contribution in [0.1, 0.15) is 24.7 Å². The lowest BCUT2D eigenvalue weighted by Crippen LogP contribution is -2.11. The number of aromatic nitrogens is 2. The highest BCUT2D eigenvalue weighted by Gasteiger charge is 2.29. The van der Waals surface area contributed by atoms with Crippen LogP contribution in [0.3, 0.4) is 0 Å². The van der Waals surface area contributed by atoms with Crippen molar-refractivity contribution in [2.24, 2.45) is 5.14 Å². The summed E-state index contributed by atoms with van der Waals surface area (Å²) in [7, 11) is -3.72. The summed E-state index contributed by atoms with van der Waals surface area (Å²) in [5.74, 6) is 1.38. The van der Waals surface area contributed by atoms with Gasteiger partial charge in [-0.2, -0.15) is 4.98 Å². The fourth-order valence-corrected chi connectivity index (χ4v) is 2.22. The molecule has 0 saturated heterocycles. The van der Waals surface area contributed by atoms with Crippen LogP contribution < -0.4 is 5.14 Å². The minimum atomic E-state index is -3.72. The van der Waals surface area contributed by atoms with Gasteiger partial charge in [0.05, 0.1) is 4.90 Å². The number of benzene rings is 1. The monoisotopic (exact) mass is 265 g/mol. The zero-order chi connectivity index (χ0) is 12.8. The molecule has 2 aromatic rings. The molecule has 1 saturated carbocycles. The summed E-state index contributed by atoms with van der Waals surface area (Å²) in [4.78, 5) is 4.29. The normalized spacial score (nSPS) is 15.8. The number of primary sulfonamides is 1. The molecule has 94 valence electrons. The largest absolute Gasteiger partial charge is 0.339 e. The zero-order valence-electron chi connectivity index (χ0n) is 9.41. The van der Waals surface area contributed by atoms with Crippen LogP contribution in [-0.2, 0) is 10.0 Å². The molecule has 1 fully saturated rings. The Labute approximate surface area is 104 Å². The van der Waals surface area contributed by atoms with E-state index in [2.05, 4.69) is 10.1 Å². The lowest BCUT2D eigenvalue weighted by atomic mass is 10.2. The Morgan fingerprint density at radius 1 is 1.33 bits per heavy atom. The Kier molecular flexibility index (Phi) is 2.46. The van der Waals surface area contributed by atoms with Gasteiger partial charge < -0.3 is 4.52 Å². The predicted octanol–water partition coefficient (Wildman–Crippen LogP) is 1.26. The van der Waals surface area contributed by atoms with Crippen LogP contribution in [0.15, 0.2) is 33.7 Å². The third kappa shape index (κ3) is 2.14. The molecule has 0 bridgehead atoms. The molecule has 1 aliphatic rings. The Bertz CT molecular complexity index is 689. The van der Waals surface area contributed by atoms with Gasteiger partial charge in [-0.25, -0.2) is 13.6 Å². The van der Waals surface area contributed by atoms with Gasteiger partial charge in [-0.1, -0.05) is 17.3 Å². The second kappa shape index (κ2) is 3.89. The van der Waals surface area contributed by atoms with Crippen molar-refractivity contribution in [3.63, 3.8) is 0 Å². The Balaban J connectivity index is 2.00. The maximum atomic E-state index is 11.3. The van der Waals surface area contributed by atoms with Gasteiger partial charge in [-0.15, -0.1) is 0 Å². The number of nitrogens with two attached hydrogens (primary N) is 1. The van der Waals surface area contributed by atoms with Crippen LogP contribution in [-0.4, -0.2) is 18.6 Å². The van der Waals surface area contributed by atoms with Crippen molar-refractivity contribution < 1.29 is 12.9 Å². The lowest BCUT2D eigenvalue weighted by molar-refractivity contribution is 0.380. The number of hydrogen-bond acceptors (Lipinski definition) is 5. The van der Waals surface area contributed by atoms with E-state index in [1.54, 1.807) is 12.1 Å². The third-order valence-electron chi connectivity index (χ3n) is 2.79. The molecule has 2 N–H and O–H groups in total. The molecule has 1 aromatic carbocycles. The Morgan fingerprint density at radius 3 is 2.78 bits per heavy atom. The molecule has 0 radical (unpaired) electrons. The van der Waals surface area contributed by atoms with E-state index < -0.39 is 10.0 Å². The molecule has 6 nitrogen and oxygen atoms in total. The van der Waals surface area contributed by atoms with E-state index >= 15 is 0 Å². The molecule has 0 unspecified atom stereocenters. The molecule has 18 heavy (non-hydrogen) atoms. The highest BCUT2D eigenvalue weighted by molar-refractivity contribution is 7.89. The average molecular weight is 265 g/mol. The van der Waals surface area contributed by atoms with Gasteiger partial charge in [0.1, 0.15) is 0 Å². The summed E-state index contributed by atoms with van der Waals surface area (Å²) >= 11 is 0. The summed E-state index contributed by atoms with van der Waals surface area (Å²) in [5, 5.41) is 8.92. The van der Waals surface area contributed by atoms with E-state index in [0.29, 0.717) is 23.2 Å². The lowest BCUT2D eigenvalue weighted by Gasteiger charge is -1.99. The maximum absolute atomic E-state index is 11.3. The molecular weight excluding hydrogens is 254 g/mol. The van der Waals surface area contributed by atoms with Crippen molar-refractivity contribution in [2.75, 3.05) is 0 Å². The first-order valence-electron chi connectivity index (χ1n) is 5.51. The second-order valence-corrected chi connectivity index (χ2v) is 5.86.